The lowest BCUT2D eigenvalue weighted by Crippen LogP contribution is -2.51. The summed E-state index contributed by atoms with van der Waals surface area (Å²) in [5, 5.41) is 21.7. The number of alkyl halides is 2. The van der Waals surface area contributed by atoms with E-state index in [0.29, 0.717) is 47.9 Å². The summed E-state index contributed by atoms with van der Waals surface area (Å²) >= 11 is 0.705. The number of hydrogen-bond acceptors (Lipinski definition) is 9. The van der Waals surface area contributed by atoms with Gasteiger partial charge in [-0.25, -0.2) is 17.2 Å². The van der Waals surface area contributed by atoms with Crippen LogP contribution in [0.3, 0.4) is 0 Å². The number of aryl methyl sites for hydroxylation is 1. The Kier molecular flexibility index (Phi) is 6.45. The molecule has 1 aliphatic carbocycles. The molecule has 212 valence electrons. The van der Waals surface area contributed by atoms with Crippen LogP contribution in [-0.2, 0) is 21.9 Å². The molecule has 1 saturated carbocycles. The molecule has 3 aliphatic rings. The van der Waals surface area contributed by atoms with Gasteiger partial charge in [0.1, 0.15) is 11.2 Å². The fraction of sp³-hybridized carbons (Fsp3) is 0.560. The number of benzene rings is 1. The zero-order chi connectivity index (χ0) is 28.6. The SMILES string of the molecule is C[C@H](N)C(=O)N1C2CCC1CC(c1cc(S(=O)(=O)NC3(C#N)CC3)cc3c(-c4nnc(C(F)F)s4)nn(C)c13)C2. The summed E-state index contributed by atoms with van der Waals surface area (Å²) in [5.74, 6) is -0.177. The molecule has 2 bridgehead atoms. The number of rotatable bonds is 7. The lowest BCUT2D eigenvalue weighted by Gasteiger charge is -2.40. The first-order chi connectivity index (χ1) is 18.9. The monoisotopic (exact) mass is 590 g/mol. The second kappa shape index (κ2) is 9.51. The summed E-state index contributed by atoms with van der Waals surface area (Å²) < 4.78 is 57.8. The molecule has 0 spiro atoms. The summed E-state index contributed by atoms with van der Waals surface area (Å²) in [7, 11) is -2.39. The zero-order valence-corrected chi connectivity index (χ0v) is 23.5. The molecule has 1 amide bonds. The van der Waals surface area contributed by atoms with Gasteiger partial charge in [-0.15, -0.1) is 10.2 Å². The van der Waals surface area contributed by atoms with Crippen LogP contribution in [-0.4, -0.2) is 62.9 Å². The van der Waals surface area contributed by atoms with Crippen LogP contribution >= 0.6 is 11.3 Å². The van der Waals surface area contributed by atoms with Crippen LogP contribution in [0.5, 0.6) is 0 Å². The Bertz CT molecular complexity index is 1640. The first-order valence-corrected chi connectivity index (χ1v) is 15.4. The van der Waals surface area contributed by atoms with E-state index in [1.807, 2.05) is 4.90 Å². The number of carbonyl (C=O) groups is 1. The number of amides is 1. The maximum atomic E-state index is 13.6. The van der Waals surface area contributed by atoms with E-state index in [2.05, 4.69) is 26.1 Å². The van der Waals surface area contributed by atoms with Gasteiger partial charge in [-0.2, -0.15) is 15.1 Å². The summed E-state index contributed by atoms with van der Waals surface area (Å²) in [5.41, 5.74) is 6.46. The van der Waals surface area contributed by atoms with E-state index in [-0.39, 0.29) is 39.5 Å². The van der Waals surface area contributed by atoms with Crippen LogP contribution in [0, 0.1) is 11.3 Å². The van der Waals surface area contributed by atoms with Crippen LogP contribution < -0.4 is 10.5 Å². The molecule has 3 N–H and O–H groups in total. The number of nitrogens with two attached hydrogens (primary N) is 1. The minimum absolute atomic E-state index is 0.0199. The van der Waals surface area contributed by atoms with Crippen molar-refractivity contribution < 1.29 is 22.0 Å². The fourth-order valence-corrected chi connectivity index (χ4v) is 8.31. The van der Waals surface area contributed by atoms with Crippen LogP contribution in [0.4, 0.5) is 8.78 Å². The van der Waals surface area contributed by atoms with Crippen molar-refractivity contribution in [1.29, 1.82) is 5.26 Å². The van der Waals surface area contributed by atoms with Gasteiger partial charge in [0.15, 0.2) is 10.0 Å². The molecule has 2 aliphatic heterocycles. The molecule has 3 fully saturated rings. The third kappa shape index (κ3) is 4.47. The number of hydrogen-bond donors (Lipinski definition) is 2. The molecular weight excluding hydrogens is 562 g/mol. The molecule has 2 aromatic heterocycles. The van der Waals surface area contributed by atoms with Crippen molar-refractivity contribution in [2.45, 2.75) is 86.4 Å². The number of nitrogens with zero attached hydrogens (tertiary/aromatic N) is 6. The summed E-state index contributed by atoms with van der Waals surface area (Å²) in [6, 6.07) is 4.49. The van der Waals surface area contributed by atoms with Crippen LogP contribution in [0.1, 0.15) is 68.4 Å². The van der Waals surface area contributed by atoms with E-state index in [0.717, 1.165) is 18.4 Å². The molecule has 15 heteroatoms. The Balaban J connectivity index is 1.48. The molecule has 2 saturated heterocycles. The summed E-state index contributed by atoms with van der Waals surface area (Å²) in [6.07, 6.45) is 0.974. The summed E-state index contributed by atoms with van der Waals surface area (Å²) in [6.45, 7) is 1.68. The van der Waals surface area contributed by atoms with Gasteiger partial charge < -0.3 is 10.6 Å². The fourth-order valence-electron chi connectivity index (χ4n) is 6.17. The molecule has 1 aromatic carbocycles. The number of aromatic nitrogens is 4. The highest BCUT2D eigenvalue weighted by molar-refractivity contribution is 7.89. The van der Waals surface area contributed by atoms with Gasteiger partial charge in [-0.05, 0) is 69.1 Å². The van der Waals surface area contributed by atoms with E-state index in [1.165, 1.54) is 6.07 Å². The molecule has 3 aromatic rings. The van der Waals surface area contributed by atoms with Crippen molar-refractivity contribution in [3.05, 3.63) is 22.7 Å². The first-order valence-electron chi connectivity index (χ1n) is 13.1. The highest BCUT2D eigenvalue weighted by atomic mass is 32.2. The number of carbonyl (C=O) groups excluding carboxylic acids is 1. The minimum atomic E-state index is -4.11. The molecule has 0 radical (unpaired) electrons. The second-order valence-corrected chi connectivity index (χ2v) is 13.7. The molecule has 11 nitrogen and oxygen atoms in total. The Labute approximate surface area is 233 Å². The van der Waals surface area contributed by atoms with Gasteiger partial charge >= 0.3 is 0 Å². The number of nitriles is 1. The van der Waals surface area contributed by atoms with Crippen LogP contribution in [0.25, 0.3) is 21.6 Å². The van der Waals surface area contributed by atoms with E-state index < -0.39 is 33.0 Å². The average Bonchev–Trinajstić information content (AvgIpc) is 3.22. The standard InChI is InChI=1S/C25H28F2N8O3S2/c1-12(29)24(36)35-14-3-4-15(35)8-13(7-14)17-9-16(40(37,38)33-25(11-28)5-6-25)10-18-19(32-34(2)20(17)18)22-30-31-23(39-22)21(26)27/h9-10,12-15,21,33H,3-8,29H2,1-2H3/t12-,13?,14?,15?/m0/s1. The van der Waals surface area contributed by atoms with Gasteiger partial charge in [-0.1, -0.05) is 11.3 Å². The van der Waals surface area contributed by atoms with E-state index in [9.17, 15) is 27.3 Å². The van der Waals surface area contributed by atoms with Crippen molar-refractivity contribution in [2.24, 2.45) is 12.8 Å². The van der Waals surface area contributed by atoms with Gasteiger partial charge in [-0.3, -0.25) is 9.48 Å². The smallest absolute Gasteiger partial charge is 0.291 e. The Morgan fingerprint density at radius 1 is 1.25 bits per heavy atom. The summed E-state index contributed by atoms with van der Waals surface area (Å²) in [4.78, 5) is 14.7. The third-order valence-electron chi connectivity index (χ3n) is 8.19. The molecule has 4 heterocycles. The molecule has 6 rings (SSSR count). The zero-order valence-electron chi connectivity index (χ0n) is 21.8. The molecule has 40 heavy (non-hydrogen) atoms. The van der Waals surface area contributed by atoms with Crippen molar-refractivity contribution in [3.8, 4) is 16.8 Å². The van der Waals surface area contributed by atoms with Crippen molar-refractivity contribution in [3.63, 3.8) is 0 Å². The topological polar surface area (TPSA) is 160 Å². The van der Waals surface area contributed by atoms with Gasteiger partial charge in [0, 0.05) is 24.5 Å². The Morgan fingerprint density at radius 3 is 2.48 bits per heavy atom. The Morgan fingerprint density at radius 2 is 1.93 bits per heavy atom. The van der Waals surface area contributed by atoms with E-state index in [1.54, 1.807) is 24.7 Å². The van der Waals surface area contributed by atoms with Gasteiger partial charge in [0.2, 0.25) is 15.9 Å². The Hall–Kier alpha value is -3.06. The minimum Gasteiger partial charge on any atom is -0.335 e. The number of halogens is 2. The van der Waals surface area contributed by atoms with Crippen LogP contribution in [0.2, 0.25) is 0 Å². The molecular formula is C25H28F2N8O3S2. The van der Waals surface area contributed by atoms with Crippen LogP contribution in [0.15, 0.2) is 17.0 Å². The highest BCUT2D eigenvalue weighted by Crippen LogP contribution is 2.47. The third-order valence-corrected chi connectivity index (χ3v) is 10.6. The lowest BCUT2D eigenvalue weighted by atomic mass is 9.83. The predicted molar refractivity (Wildman–Crippen MR) is 142 cm³/mol. The predicted octanol–water partition coefficient (Wildman–Crippen LogP) is 2.95. The number of sulfonamides is 1. The number of fused-ring (bicyclic) bond motifs is 3. The van der Waals surface area contributed by atoms with E-state index >= 15 is 0 Å². The second-order valence-electron chi connectivity index (χ2n) is 11.0. The van der Waals surface area contributed by atoms with Crippen molar-refractivity contribution in [1.82, 2.24) is 29.6 Å². The van der Waals surface area contributed by atoms with E-state index in [4.69, 9.17) is 5.73 Å². The average molecular weight is 591 g/mol. The normalized spacial score (nSPS) is 24.4. The molecule has 3 atom stereocenters. The maximum Gasteiger partial charge on any atom is 0.291 e. The number of piperidine rings is 1. The lowest BCUT2D eigenvalue weighted by molar-refractivity contribution is -0.136. The van der Waals surface area contributed by atoms with Gasteiger partial charge in [0.05, 0.1) is 22.5 Å². The number of nitrogens with one attached hydrogen (secondary N) is 1. The van der Waals surface area contributed by atoms with Gasteiger partial charge in [0.25, 0.3) is 6.43 Å². The highest BCUT2D eigenvalue weighted by Gasteiger charge is 2.48. The largest absolute Gasteiger partial charge is 0.335 e. The van der Waals surface area contributed by atoms with Crippen molar-refractivity contribution in [2.75, 3.05) is 0 Å². The van der Waals surface area contributed by atoms with Crippen molar-refractivity contribution >= 4 is 38.2 Å². The first kappa shape index (κ1) is 27.1. The maximum absolute atomic E-state index is 13.6. The quantitative estimate of drug-likeness (QED) is 0.425. The molecule has 2 unspecified atom stereocenters.